The smallest absolute Gasteiger partial charge is 0.258 e. The van der Waals surface area contributed by atoms with E-state index in [2.05, 4.69) is 6.92 Å². The molecule has 0 saturated carbocycles. The number of hydrogen-bond acceptors (Lipinski definition) is 3. The second-order valence-corrected chi connectivity index (χ2v) is 2.64. The van der Waals surface area contributed by atoms with Gasteiger partial charge in [0, 0.05) is 18.6 Å². The molecule has 10 heavy (non-hydrogen) atoms. The van der Waals surface area contributed by atoms with Crippen LogP contribution in [0.1, 0.15) is 4.88 Å². The Morgan fingerprint density at radius 2 is 2.20 bits per heavy atom. The van der Waals surface area contributed by atoms with Gasteiger partial charge in [-0.25, -0.2) is 6.92 Å². The van der Waals surface area contributed by atoms with Gasteiger partial charge >= 0.3 is 5.00 Å². The van der Waals surface area contributed by atoms with Gasteiger partial charge in [0.05, 0.1) is 4.92 Å². The van der Waals surface area contributed by atoms with Gasteiger partial charge < -0.3 is 0 Å². The number of rotatable bonds is 1. The Kier molecular flexibility index (Phi) is 3.49. The average Bonchev–Trinajstić information content (AvgIpc) is 2.14. The van der Waals surface area contributed by atoms with Crippen molar-refractivity contribution < 1.29 is 23.5 Å². The fraction of sp³-hybridized carbons (Fsp3) is 0. The molecule has 0 amide bonds. The van der Waals surface area contributed by atoms with E-state index in [1.54, 1.807) is 6.07 Å². The van der Waals surface area contributed by atoms with Crippen LogP contribution < -0.4 is 0 Å². The summed E-state index contributed by atoms with van der Waals surface area (Å²) in [4.78, 5) is 10.3. The van der Waals surface area contributed by atoms with Crippen molar-refractivity contribution in [3.8, 4) is 0 Å². The Labute approximate surface area is 74.1 Å². The van der Waals surface area contributed by atoms with E-state index in [1.165, 1.54) is 6.07 Å². The first-order valence-corrected chi connectivity index (χ1v) is 3.08. The van der Waals surface area contributed by atoms with Gasteiger partial charge in [0.15, 0.2) is 0 Å². The molecule has 0 saturated heterocycles. The third kappa shape index (κ3) is 2.06. The van der Waals surface area contributed by atoms with Crippen LogP contribution in [0.5, 0.6) is 0 Å². The fourth-order valence-electron chi connectivity index (χ4n) is 0.465. The molecule has 0 bridgehead atoms. The van der Waals surface area contributed by atoms with Crippen LogP contribution in [0.2, 0.25) is 0 Å². The van der Waals surface area contributed by atoms with Gasteiger partial charge in [-0.05, 0) is 0 Å². The van der Waals surface area contributed by atoms with Crippen LogP contribution in [0.15, 0.2) is 12.1 Å². The van der Waals surface area contributed by atoms with Crippen molar-refractivity contribution in [2.24, 2.45) is 0 Å². The largest absolute Gasteiger partial charge is 0.304 e. The second kappa shape index (κ2) is 3.66. The molecule has 1 aromatic rings. The van der Waals surface area contributed by atoms with Crippen LogP contribution in [0, 0.1) is 17.0 Å². The number of thiophene rings is 1. The zero-order valence-electron chi connectivity index (χ0n) is 4.98. The predicted molar refractivity (Wildman–Crippen MR) is 35.4 cm³/mol. The third-order valence-corrected chi connectivity index (χ3v) is 1.72. The maximum Gasteiger partial charge on any atom is 0.304 e. The van der Waals surface area contributed by atoms with E-state index >= 15 is 0 Å². The standard InChI is InChI=1S/C5H4NO2S.V/c1-4-2-3-5(9-4)6(7)8;/h2-3H,1H2;/q-1;. The van der Waals surface area contributed by atoms with Crippen LogP contribution in [0.4, 0.5) is 5.00 Å². The van der Waals surface area contributed by atoms with Gasteiger partial charge in [0.25, 0.3) is 0 Å². The molecule has 0 aliphatic carbocycles. The van der Waals surface area contributed by atoms with Crippen molar-refractivity contribution in [1.82, 2.24) is 0 Å². The number of nitrogens with zero attached hydrogens (tertiary/aromatic N) is 1. The summed E-state index contributed by atoms with van der Waals surface area (Å²) >= 11 is 1.09. The van der Waals surface area contributed by atoms with E-state index in [0.717, 1.165) is 16.2 Å². The first kappa shape index (κ1) is 9.55. The van der Waals surface area contributed by atoms with Crippen molar-refractivity contribution in [2.45, 2.75) is 0 Å². The normalized spacial score (nSPS) is 8.40. The van der Waals surface area contributed by atoms with Gasteiger partial charge in [-0.2, -0.15) is 6.07 Å². The molecule has 1 rings (SSSR count). The van der Waals surface area contributed by atoms with Crippen LogP contribution >= 0.6 is 11.3 Å². The van der Waals surface area contributed by atoms with E-state index < -0.39 is 4.92 Å². The Morgan fingerprint density at radius 3 is 2.40 bits per heavy atom. The molecule has 1 radical (unpaired) electrons. The molecular formula is C5H4NO2SV-. The molecule has 0 aromatic carbocycles. The molecule has 3 nitrogen and oxygen atoms in total. The molecule has 0 atom stereocenters. The van der Waals surface area contributed by atoms with Crippen molar-refractivity contribution in [3.63, 3.8) is 0 Å². The van der Waals surface area contributed by atoms with Gasteiger partial charge in [-0.15, -0.1) is 16.2 Å². The third-order valence-electron chi connectivity index (χ3n) is 0.827. The van der Waals surface area contributed by atoms with E-state index in [4.69, 9.17) is 0 Å². The van der Waals surface area contributed by atoms with Crippen molar-refractivity contribution in [1.29, 1.82) is 0 Å². The van der Waals surface area contributed by atoms with E-state index in [-0.39, 0.29) is 23.6 Å². The minimum atomic E-state index is -0.417. The van der Waals surface area contributed by atoms with E-state index in [1.807, 2.05) is 0 Å². The summed E-state index contributed by atoms with van der Waals surface area (Å²) in [6, 6.07) is 3.08. The minimum Gasteiger partial charge on any atom is -0.258 e. The molecule has 1 aromatic heterocycles. The first-order chi connectivity index (χ1) is 4.20. The second-order valence-electron chi connectivity index (χ2n) is 1.50. The summed E-state index contributed by atoms with van der Waals surface area (Å²) in [5.41, 5.74) is 0. The van der Waals surface area contributed by atoms with Crippen LogP contribution in [-0.4, -0.2) is 4.92 Å². The maximum atomic E-state index is 10.0. The van der Waals surface area contributed by atoms with Crippen LogP contribution in [0.3, 0.4) is 0 Å². The fourth-order valence-corrected chi connectivity index (χ4v) is 1.08. The topological polar surface area (TPSA) is 43.1 Å². The number of hydrogen-bond donors (Lipinski definition) is 0. The summed E-state index contributed by atoms with van der Waals surface area (Å²) in [7, 11) is 0. The molecule has 5 heteroatoms. The van der Waals surface area contributed by atoms with Gasteiger partial charge in [0.2, 0.25) is 0 Å². The molecule has 0 unspecified atom stereocenters. The summed E-state index contributed by atoms with van der Waals surface area (Å²) in [6.07, 6.45) is 0. The molecule has 0 N–H and O–H groups in total. The van der Waals surface area contributed by atoms with Crippen molar-refractivity contribution in [3.05, 3.63) is 34.0 Å². The quantitative estimate of drug-likeness (QED) is 0.388. The predicted octanol–water partition coefficient (Wildman–Crippen LogP) is 1.84. The van der Waals surface area contributed by atoms with Crippen LogP contribution in [0.25, 0.3) is 0 Å². The molecule has 0 spiro atoms. The molecular weight excluding hydrogens is 189 g/mol. The Balaban J connectivity index is 0.000000810. The Morgan fingerprint density at radius 1 is 1.60 bits per heavy atom. The molecule has 0 aliphatic rings. The molecule has 1 heterocycles. The summed E-state index contributed by atoms with van der Waals surface area (Å²) in [5.74, 6) is 0. The number of nitro groups is 1. The molecule has 53 valence electrons. The monoisotopic (exact) mass is 193 g/mol. The van der Waals surface area contributed by atoms with Crippen molar-refractivity contribution in [2.75, 3.05) is 0 Å². The molecule has 0 fully saturated rings. The Bertz CT molecular complexity index is 235. The zero-order valence-corrected chi connectivity index (χ0v) is 7.19. The van der Waals surface area contributed by atoms with Gasteiger partial charge in [0.1, 0.15) is 0 Å². The van der Waals surface area contributed by atoms with Crippen LogP contribution in [-0.2, 0) is 18.6 Å². The summed E-state index contributed by atoms with van der Waals surface area (Å²) < 4.78 is 0. The van der Waals surface area contributed by atoms with Crippen molar-refractivity contribution >= 4 is 16.3 Å². The maximum absolute atomic E-state index is 10.0. The SMILES string of the molecule is [CH2-]c1ccc([N+](=O)[O-])s1.[V]. The summed E-state index contributed by atoms with van der Waals surface area (Å²) in [5, 5.41) is 10.2. The minimum absolute atomic E-state index is 0. The van der Waals surface area contributed by atoms with Gasteiger partial charge in [-0.3, -0.25) is 10.1 Å². The van der Waals surface area contributed by atoms with Gasteiger partial charge in [-0.1, -0.05) is 6.07 Å². The molecule has 0 aliphatic heterocycles. The zero-order chi connectivity index (χ0) is 6.85. The Hall–Kier alpha value is -0.446. The average molecular weight is 193 g/mol. The first-order valence-electron chi connectivity index (χ1n) is 2.26. The summed E-state index contributed by atoms with van der Waals surface area (Å²) in [6.45, 7) is 3.54. The van der Waals surface area contributed by atoms with E-state index in [9.17, 15) is 10.1 Å². The van der Waals surface area contributed by atoms with E-state index in [0.29, 0.717) is 0 Å².